The van der Waals surface area contributed by atoms with Gasteiger partial charge in [0.1, 0.15) is 22.3 Å². The zero-order valence-corrected chi connectivity index (χ0v) is 21.9. The fraction of sp³-hybridized carbons (Fsp3) is 0.261. The predicted molar refractivity (Wildman–Crippen MR) is 136 cm³/mol. The van der Waals surface area contributed by atoms with Gasteiger partial charge in [0.15, 0.2) is 11.5 Å². The number of rotatable bonds is 10. The van der Waals surface area contributed by atoms with Crippen molar-refractivity contribution in [1.29, 1.82) is 0 Å². The van der Waals surface area contributed by atoms with E-state index in [0.29, 0.717) is 22.6 Å². The van der Waals surface area contributed by atoms with E-state index in [2.05, 4.69) is 29.9 Å². The van der Waals surface area contributed by atoms with Crippen LogP contribution in [0.5, 0.6) is 11.6 Å². The number of pyridine rings is 3. The molecule has 0 saturated heterocycles. The van der Waals surface area contributed by atoms with Gasteiger partial charge in [0, 0.05) is 49.1 Å². The first-order chi connectivity index (χ1) is 17.8. The molecule has 0 aliphatic rings. The Balaban J connectivity index is 1.83. The highest BCUT2D eigenvalue weighted by Crippen LogP contribution is 2.36. The van der Waals surface area contributed by atoms with Crippen molar-refractivity contribution in [2.45, 2.75) is 18.3 Å². The second-order valence-corrected chi connectivity index (χ2v) is 10.1. The molecule has 0 fully saturated rings. The van der Waals surface area contributed by atoms with Crippen LogP contribution in [0.1, 0.15) is 18.6 Å². The Morgan fingerprint density at radius 1 is 1.00 bits per heavy atom. The first kappa shape index (κ1) is 26.3. The number of nitrogens with zero attached hydrogens (tertiary/aromatic N) is 6. The number of nitrogens with one attached hydrogen (secondary N) is 1. The molecule has 37 heavy (non-hydrogen) atoms. The molecule has 1 N–H and O–H groups in total. The number of aromatic nitrogens is 6. The molecule has 14 heteroatoms. The van der Waals surface area contributed by atoms with Crippen LogP contribution in [-0.2, 0) is 14.8 Å². The molecule has 0 bridgehead atoms. The zero-order valence-electron chi connectivity index (χ0n) is 20.4. The number of methoxy groups -OCH3 is 3. The molecule has 4 aromatic heterocycles. The molecule has 0 amide bonds. The third-order valence-electron chi connectivity index (χ3n) is 5.56. The number of hydrogen-bond donors (Lipinski definition) is 1. The van der Waals surface area contributed by atoms with Crippen molar-refractivity contribution in [3.63, 3.8) is 0 Å². The van der Waals surface area contributed by atoms with E-state index in [9.17, 15) is 8.42 Å². The molecular weight excluding hydrogens is 522 g/mol. The van der Waals surface area contributed by atoms with Gasteiger partial charge in [0.05, 0.1) is 14.2 Å². The lowest BCUT2D eigenvalue weighted by Crippen LogP contribution is -2.32. The fourth-order valence-corrected chi connectivity index (χ4v) is 5.00. The molecule has 12 nitrogen and oxygen atoms in total. The Labute approximate surface area is 218 Å². The lowest BCUT2D eigenvalue weighted by Gasteiger charge is -2.23. The van der Waals surface area contributed by atoms with Crippen LogP contribution in [0.2, 0.25) is 5.15 Å². The van der Waals surface area contributed by atoms with Crippen molar-refractivity contribution in [3.05, 3.63) is 65.8 Å². The van der Waals surface area contributed by atoms with Gasteiger partial charge in [-0.25, -0.2) is 18.4 Å². The van der Waals surface area contributed by atoms with Crippen LogP contribution in [0.25, 0.3) is 17.1 Å². The summed E-state index contributed by atoms with van der Waals surface area (Å²) >= 11 is 5.88. The highest BCUT2D eigenvalue weighted by atomic mass is 35.5. The van der Waals surface area contributed by atoms with Crippen molar-refractivity contribution >= 4 is 27.6 Å². The molecule has 4 rings (SSSR count). The fourth-order valence-electron chi connectivity index (χ4n) is 3.72. The normalized spacial score (nSPS) is 13.1. The van der Waals surface area contributed by atoms with Gasteiger partial charge in [-0.15, -0.1) is 10.2 Å². The molecule has 2 atom stereocenters. The molecule has 0 aliphatic carbocycles. The number of halogens is 1. The number of sulfonamides is 1. The predicted octanol–water partition coefficient (Wildman–Crippen LogP) is 3.31. The van der Waals surface area contributed by atoms with E-state index in [0.717, 1.165) is 0 Å². The van der Waals surface area contributed by atoms with Crippen LogP contribution in [-0.4, -0.2) is 64.7 Å². The lowest BCUT2D eigenvalue weighted by molar-refractivity contribution is 0.102. The summed E-state index contributed by atoms with van der Waals surface area (Å²) in [7, 11) is 0.231. The molecular formula is C23H24ClN7O5S. The van der Waals surface area contributed by atoms with Crippen molar-refractivity contribution < 1.29 is 22.6 Å². The second kappa shape index (κ2) is 11.1. The number of ether oxygens (including phenoxy) is 3. The van der Waals surface area contributed by atoms with Gasteiger partial charge in [-0.3, -0.25) is 14.3 Å². The van der Waals surface area contributed by atoms with E-state index in [1.165, 1.54) is 45.2 Å². The maximum Gasteiger partial charge on any atom is 0.243 e. The number of anilines is 1. The largest absolute Gasteiger partial charge is 0.494 e. The third-order valence-corrected chi connectivity index (χ3v) is 7.47. The summed E-state index contributed by atoms with van der Waals surface area (Å²) in [6.07, 6.45) is 5.31. The molecule has 0 unspecified atom stereocenters. The van der Waals surface area contributed by atoms with E-state index in [4.69, 9.17) is 25.8 Å². The minimum Gasteiger partial charge on any atom is -0.494 e. The van der Waals surface area contributed by atoms with E-state index in [1.54, 1.807) is 42.7 Å². The monoisotopic (exact) mass is 545 g/mol. The van der Waals surface area contributed by atoms with Gasteiger partial charge in [0.25, 0.3) is 0 Å². The minimum atomic E-state index is -4.10. The Morgan fingerprint density at radius 2 is 1.81 bits per heavy atom. The van der Waals surface area contributed by atoms with E-state index in [-0.39, 0.29) is 22.8 Å². The van der Waals surface area contributed by atoms with Crippen LogP contribution in [0, 0.1) is 0 Å². The quantitative estimate of drug-likeness (QED) is 0.295. The highest BCUT2D eigenvalue weighted by molar-refractivity contribution is 7.93. The summed E-state index contributed by atoms with van der Waals surface area (Å²) in [5.41, 5.74) is 1.41. The van der Waals surface area contributed by atoms with Gasteiger partial charge in [-0.2, -0.15) is 0 Å². The molecule has 0 spiro atoms. The average molecular weight is 546 g/mol. The average Bonchev–Trinajstić information content (AvgIpc) is 3.32. The summed E-state index contributed by atoms with van der Waals surface area (Å²) < 4.78 is 47.7. The maximum atomic E-state index is 13.6. The SMILES string of the molecule is COc1ccnc(OC)c1-n1c(NS(=O)(=O)[C@@H](C)[C@H](OC)c2ccc(Cl)nc2)nnc1-c1cccnc1. The third kappa shape index (κ3) is 5.33. The standard InChI is InChI=1S/C23H24ClN7O5S/c1-14(20(35-3)15-7-8-18(24)27-13-15)37(32,33)30-23-29-28-21(16-6-5-10-25-12-16)31(23)19-17(34-2)9-11-26-22(19)36-4/h5-14,20H,1-4H3,(H,29,30)/t14-,20-/m0/s1. The smallest absolute Gasteiger partial charge is 0.243 e. The molecule has 0 saturated carbocycles. The second-order valence-electron chi connectivity index (χ2n) is 7.72. The summed E-state index contributed by atoms with van der Waals surface area (Å²) in [5, 5.41) is 7.60. The van der Waals surface area contributed by atoms with Crippen LogP contribution in [0.4, 0.5) is 5.95 Å². The van der Waals surface area contributed by atoms with E-state index >= 15 is 0 Å². The van der Waals surface area contributed by atoms with Gasteiger partial charge >= 0.3 is 0 Å². The van der Waals surface area contributed by atoms with Crippen molar-refractivity contribution in [3.8, 4) is 28.7 Å². The molecule has 0 aromatic carbocycles. The Bertz CT molecular complexity index is 1440. The Hall–Kier alpha value is -3.81. The maximum absolute atomic E-state index is 13.6. The minimum absolute atomic E-state index is 0.112. The summed E-state index contributed by atoms with van der Waals surface area (Å²) in [6, 6.07) is 8.32. The van der Waals surface area contributed by atoms with Crippen molar-refractivity contribution in [2.75, 3.05) is 26.1 Å². The molecule has 0 radical (unpaired) electrons. The zero-order chi connectivity index (χ0) is 26.6. The van der Waals surface area contributed by atoms with Gasteiger partial charge < -0.3 is 14.2 Å². The number of hydrogen-bond acceptors (Lipinski definition) is 10. The molecule has 194 valence electrons. The first-order valence-electron chi connectivity index (χ1n) is 10.9. The Morgan fingerprint density at radius 3 is 2.43 bits per heavy atom. The molecule has 4 aromatic rings. The van der Waals surface area contributed by atoms with Crippen LogP contribution >= 0.6 is 11.6 Å². The summed E-state index contributed by atoms with van der Waals surface area (Å²) in [5.74, 6) is 0.694. The van der Waals surface area contributed by atoms with Crippen LogP contribution in [0.3, 0.4) is 0 Å². The van der Waals surface area contributed by atoms with Crippen molar-refractivity contribution in [2.24, 2.45) is 0 Å². The van der Waals surface area contributed by atoms with Crippen LogP contribution in [0.15, 0.2) is 55.1 Å². The van der Waals surface area contributed by atoms with Crippen molar-refractivity contribution in [1.82, 2.24) is 29.7 Å². The van der Waals surface area contributed by atoms with Gasteiger partial charge in [-0.1, -0.05) is 17.7 Å². The summed E-state index contributed by atoms with van der Waals surface area (Å²) in [6.45, 7) is 1.51. The highest BCUT2D eigenvalue weighted by Gasteiger charge is 2.34. The first-order valence-corrected chi connectivity index (χ1v) is 12.8. The molecule has 4 heterocycles. The Kier molecular flexibility index (Phi) is 7.86. The lowest BCUT2D eigenvalue weighted by atomic mass is 10.1. The summed E-state index contributed by atoms with van der Waals surface area (Å²) in [4.78, 5) is 12.4. The molecule has 0 aliphatic heterocycles. The van der Waals surface area contributed by atoms with Gasteiger partial charge in [-0.05, 0) is 25.1 Å². The topological polar surface area (TPSA) is 143 Å². The van der Waals surface area contributed by atoms with Gasteiger partial charge in [0.2, 0.25) is 21.9 Å². The van der Waals surface area contributed by atoms with E-state index < -0.39 is 21.4 Å². The van der Waals surface area contributed by atoms with Crippen LogP contribution < -0.4 is 14.2 Å². The van der Waals surface area contributed by atoms with E-state index in [1.807, 2.05) is 0 Å².